The van der Waals surface area contributed by atoms with Crippen LogP contribution in [0.1, 0.15) is 19.4 Å². The zero-order valence-electron chi connectivity index (χ0n) is 16.6. The summed E-state index contributed by atoms with van der Waals surface area (Å²) in [6.07, 6.45) is 3.86. The van der Waals surface area contributed by atoms with Crippen molar-refractivity contribution >= 4 is 34.2 Å². The minimum atomic E-state index is -0.609. The molecule has 29 heavy (non-hydrogen) atoms. The van der Waals surface area contributed by atoms with Crippen molar-refractivity contribution in [2.24, 2.45) is 0 Å². The number of nitrogen functional groups attached to an aromatic ring is 2. The fraction of sp³-hybridized carbons (Fsp3) is 0.300. The fourth-order valence-corrected chi connectivity index (χ4v) is 2.81. The summed E-state index contributed by atoms with van der Waals surface area (Å²) in [6.45, 7) is 6.41. The van der Waals surface area contributed by atoms with Crippen molar-refractivity contribution < 1.29 is 14.3 Å². The van der Waals surface area contributed by atoms with Gasteiger partial charge in [-0.2, -0.15) is 0 Å². The molecule has 0 aromatic carbocycles. The molecule has 0 saturated carbocycles. The Morgan fingerprint density at radius 2 is 2.03 bits per heavy atom. The molecule has 0 fully saturated rings. The Kier molecular flexibility index (Phi) is 6.08. The number of nitrogens with zero attached hydrogens (tertiary/aromatic N) is 3. The molecule has 9 nitrogen and oxygen atoms in total. The van der Waals surface area contributed by atoms with Crippen LogP contribution < -0.4 is 16.8 Å². The third-order valence-electron chi connectivity index (χ3n) is 4.37. The molecule has 1 unspecified atom stereocenters. The van der Waals surface area contributed by atoms with Gasteiger partial charge in [-0.1, -0.05) is 0 Å². The van der Waals surface area contributed by atoms with Crippen LogP contribution in [0.25, 0.3) is 22.0 Å². The zero-order chi connectivity index (χ0) is 21.0. The summed E-state index contributed by atoms with van der Waals surface area (Å²) in [7, 11) is 0. The molecular formula is C20H24N6O3. The predicted molar refractivity (Wildman–Crippen MR) is 112 cm³/mol. The molecule has 0 spiro atoms. The van der Waals surface area contributed by atoms with Crippen LogP contribution in [0.15, 0.2) is 30.7 Å². The van der Waals surface area contributed by atoms with E-state index < -0.39 is 6.09 Å². The SMILES string of the molecule is CCOCC(C)OC(=O)Nc1cc2cc(-c3cncc(N)c3C)nc(N)c2cn1. The van der Waals surface area contributed by atoms with Crippen molar-refractivity contribution in [2.75, 3.05) is 30.0 Å². The topological polar surface area (TPSA) is 138 Å². The number of carbonyl (C=O) groups is 1. The molecule has 3 aromatic heterocycles. The average molecular weight is 396 g/mol. The van der Waals surface area contributed by atoms with Crippen molar-refractivity contribution in [1.82, 2.24) is 15.0 Å². The average Bonchev–Trinajstić information content (AvgIpc) is 2.68. The summed E-state index contributed by atoms with van der Waals surface area (Å²) in [5, 5.41) is 4.06. The second-order valence-corrected chi connectivity index (χ2v) is 6.59. The standard InChI is InChI=1S/C20H24N6O3/c1-4-28-10-11(2)29-20(27)26-18-6-13-5-17(25-19(22)15(13)8-24-18)14-7-23-9-16(21)12(14)3/h5-9,11H,4,10,21H2,1-3H3,(H2,22,25)(H,24,26,27). The van der Waals surface area contributed by atoms with Crippen LogP contribution in [0.2, 0.25) is 0 Å². The smallest absolute Gasteiger partial charge is 0.413 e. The van der Waals surface area contributed by atoms with Crippen molar-refractivity contribution in [1.29, 1.82) is 0 Å². The van der Waals surface area contributed by atoms with E-state index in [-0.39, 0.29) is 6.10 Å². The van der Waals surface area contributed by atoms with Gasteiger partial charge < -0.3 is 20.9 Å². The second-order valence-electron chi connectivity index (χ2n) is 6.59. The van der Waals surface area contributed by atoms with Gasteiger partial charge in [0.25, 0.3) is 0 Å². The maximum atomic E-state index is 12.1. The maximum Gasteiger partial charge on any atom is 0.413 e. The quantitative estimate of drug-likeness (QED) is 0.577. The van der Waals surface area contributed by atoms with Crippen LogP contribution in [0.4, 0.5) is 22.1 Å². The lowest BCUT2D eigenvalue weighted by atomic mass is 10.0. The van der Waals surface area contributed by atoms with Crippen LogP contribution in [0.5, 0.6) is 0 Å². The number of hydrogen-bond acceptors (Lipinski definition) is 8. The van der Waals surface area contributed by atoms with Crippen LogP contribution in [-0.2, 0) is 9.47 Å². The highest BCUT2D eigenvalue weighted by Gasteiger charge is 2.13. The lowest BCUT2D eigenvalue weighted by Gasteiger charge is -2.14. The van der Waals surface area contributed by atoms with E-state index in [4.69, 9.17) is 20.9 Å². The van der Waals surface area contributed by atoms with E-state index in [1.165, 1.54) is 0 Å². The molecule has 0 aliphatic heterocycles. The molecule has 152 valence electrons. The molecule has 0 radical (unpaired) electrons. The number of anilines is 3. The monoisotopic (exact) mass is 396 g/mol. The molecule has 0 saturated heterocycles. The van der Waals surface area contributed by atoms with Crippen molar-refractivity contribution in [3.8, 4) is 11.3 Å². The summed E-state index contributed by atoms with van der Waals surface area (Å²) in [4.78, 5) is 24.9. The Hall–Kier alpha value is -3.46. The van der Waals surface area contributed by atoms with Gasteiger partial charge in [0, 0.05) is 30.0 Å². The number of rotatable bonds is 6. The highest BCUT2D eigenvalue weighted by atomic mass is 16.6. The minimum Gasteiger partial charge on any atom is -0.444 e. The number of hydrogen-bond donors (Lipinski definition) is 3. The Balaban J connectivity index is 1.87. The van der Waals surface area contributed by atoms with E-state index in [1.54, 1.807) is 31.6 Å². The summed E-state index contributed by atoms with van der Waals surface area (Å²) in [5.74, 6) is 0.663. The Labute approximate surface area is 168 Å². The first kappa shape index (κ1) is 20.3. The number of pyridine rings is 3. The predicted octanol–water partition coefficient (Wildman–Crippen LogP) is 3.14. The summed E-state index contributed by atoms with van der Waals surface area (Å²) >= 11 is 0. The van der Waals surface area contributed by atoms with Gasteiger partial charge in [0.05, 0.1) is 24.2 Å². The van der Waals surface area contributed by atoms with E-state index in [1.807, 2.05) is 19.9 Å². The molecule has 1 amide bonds. The van der Waals surface area contributed by atoms with E-state index in [0.717, 1.165) is 16.5 Å². The highest BCUT2D eigenvalue weighted by Crippen LogP contribution is 2.30. The van der Waals surface area contributed by atoms with E-state index >= 15 is 0 Å². The first-order valence-electron chi connectivity index (χ1n) is 9.21. The Morgan fingerprint density at radius 1 is 1.24 bits per heavy atom. The van der Waals surface area contributed by atoms with E-state index in [0.29, 0.717) is 41.6 Å². The van der Waals surface area contributed by atoms with Crippen molar-refractivity contribution in [3.63, 3.8) is 0 Å². The van der Waals surface area contributed by atoms with Crippen LogP contribution in [0.3, 0.4) is 0 Å². The largest absolute Gasteiger partial charge is 0.444 e. The maximum absolute atomic E-state index is 12.1. The minimum absolute atomic E-state index is 0.325. The van der Waals surface area contributed by atoms with Gasteiger partial charge in [-0.3, -0.25) is 10.3 Å². The molecular weight excluding hydrogens is 372 g/mol. The van der Waals surface area contributed by atoms with Gasteiger partial charge in [0.2, 0.25) is 0 Å². The Morgan fingerprint density at radius 3 is 2.79 bits per heavy atom. The van der Waals surface area contributed by atoms with Gasteiger partial charge >= 0.3 is 6.09 Å². The molecule has 9 heteroatoms. The number of carbonyl (C=O) groups excluding carboxylic acids is 1. The van der Waals surface area contributed by atoms with Gasteiger partial charge in [-0.05, 0) is 43.9 Å². The molecule has 1 atom stereocenters. The summed E-state index contributed by atoms with van der Waals surface area (Å²) in [5.41, 5.74) is 14.9. The van der Waals surface area contributed by atoms with Gasteiger partial charge in [-0.25, -0.2) is 14.8 Å². The van der Waals surface area contributed by atoms with Crippen LogP contribution in [0, 0.1) is 6.92 Å². The van der Waals surface area contributed by atoms with Gasteiger partial charge in [-0.15, -0.1) is 0 Å². The highest BCUT2D eigenvalue weighted by molar-refractivity contribution is 5.96. The second kappa shape index (κ2) is 8.70. The van der Waals surface area contributed by atoms with Gasteiger partial charge in [0.15, 0.2) is 0 Å². The lowest BCUT2D eigenvalue weighted by Crippen LogP contribution is -2.24. The summed E-state index contributed by atoms with van der Waals surface area (Å²) in [6, 6.07) is 3.56. The molecule has 3 rings (SSSR count). The third kappa shape index (κ3) is 4.69. The number of nitrogens with one attached hydrogen (secondary N) is 1. The van der Waals surface area contributed by atoms with Crippen molar-refractivity contribution in [2.45, 2.75) is 26.9 Å². The van der Waals surface area contributed by atoms with E-state index in [2.05, 4.69) is 20.3 Å². The number of nitrogens with two attached hydrogens (primary N) is 2. The number of ether oxygens (including phenoxy) is 2. The number of aromatic nitrogens is 3. The third-order valence-corrected chi connectivity index (χ3v) is 4.37. The molecule has 0 aliphatic rings. The van der Waals surface area contributed by atoms with Crippen molar-refractivity contribution in [3.05, 3.63) is 36.3 Å². The van der Waals surface area contributed by atoms with Gasteiger partial charge in [0.1, 0.15) is 17.7 Å². The molecule has 0 bridgehead atoms. The molecule has 3 aromatic rings. The lowest BCUT2D eigenvalue weighted by molar-refractivity contribution is 0.0388. The van der Waals surface area contributed by atoms with Crippen LogP contribution in [-0.4, -0.2) is 40.4 Å². The number of fused-ring (bicyclic) bond motifs is 1. The molecule has 3 heterocycles. The first-order chi connectivity index (χ1) is 13.9. The normalized spacial score (nSPS) is 12.0. The number of amides is 1. The van der Waals surface area contributed by atoms with E-state index in [9.17, 15) is 4.79 Å². The summed E-state index contributed by atoms with van der Waals surface area (Å²) < 4.78 is 10.5. The molecule has 0 aliphatic carbocycles. The first-order valence-corrected chi connectivity index (χ1v) is 9.21. The Bertz CT molecular complexity index is 1040. The fourth-order valence-electron chi connectivity index (χ4n) is 2.81. The molecule has 5 N–H and O–H groups in total. The van der Waals surface area contributed by atoms with Crippen LogP contribution >= 0.6 is 0 Å². The zero-order valence-corrected chi connectivity index (χ0v) is 16.6.